The number of carbonyl (C=O) groups excluding carboxylic acids is 1. The lowest BCUT2D eigenvalue weighted by Gasteiger charge is -2.30. The minimum Gasteiger partial charge on any atom is -0.381 e. The van der Waals surface area contributed by atoms with E-state index in [1.807, 2.05) is 0 Å². The standard InChI is InChI=1S/C15H30N2O2/c1-15(2,3)13(6-8-16)4-5-14(18)17-10-12-7-9-19-11-12/h12-13H,4-11,16H2,1-3H3,(H,17,18). The predicted octanol–water partition coefficient (Wildman–Crippen LogP) is 1.93. The molecule has 1 aliphatic heterocycles. The van der Waals surface area contributed by atoms with Gasteiger partial charge >= 0.3 is 0 Å². The fraction of sp³-hybridized carbons (Fsp3) is 0.933. The van der Waals surface area contributed by atoms with Crippen molar-refractivity contribution >= 4 is 5.91 Å². The van der Waals surface area contributed by atoms with Crippen molar-refractivity contribution in [2.75, 3.05) is 26.3 Å². The molecule has 1 fully saturated rings. The smallest absolute Gasteiger partial charge is 0.220 e. The van der Waals surface area contributed by atoms with E-state index in [2.05, 4.69) is 26.1 Å². The van der Waals surface area contributed by atoms with Crippen LogP contribution in [0.3, 0.4) is 0 Å². The molecule has 0 aromatic heterocycles. The van der Waals surface area contributed by atoms with Crippen molar-refractivity contribution in [1.82, 2.24) is 5.32 Å². The van der Waals surface area contributed by atoms with E-state index in [9.17, 15) is 4.79 Å². The number of amides is 1. The highest BCUT2D eigenvalue weighted by Gasteiger charge is 2.24. The molecule has 0 aromatic rings. The van der Waals surface area contributed by atoms with Crippen LogP contribution in [0, 0.1) is 17.3 Å². The van der Waals surface area contributed by atoms with E-state index in [0.717, 1.165) is 39.0 Å². The van der Waals surface area contributed by atoms with Gasteiger partial charge in [-0.25, -0.2) is 0 Å². The Labute approximate surface area is 117 Å². The summed E-state index contributed by atoms with van der Waals surface area (Å²) in [7, 11) is 0. The number of carbonyl (C=O) groups is 1. The average Bonchev–Trinajstić information content (AvgIpc) is 2.83. The Balaban J connectivity index is 2.23. The van der Waals surface area contributed by atoms with Crippen molar-refractivity contribution in [1.29, 1.82) is 0 Å². The normalized spacial score (nSPS) is 21.4. The lowest BCUT2D eigenvalue weighted by molar-refractivity contribution is -0.121. The number of rotatable bonds is 7. The zero-order valence-corrected chi connectivity index (χ0v) is 12.7. The third-order valence-electron chi connectivity index (χ3n) is 4.07. The zero-order chi connectivity index (χ0) is 14.3. The maximum atomic E-state index is 11.9. The molecule has 1 aliphatic rings. The molecule has 112 valence electrons. The summed E-state index contributed by atoms with van der Waals surface area (Å²) < 4.78 is 5.30. The minimum absolute atomic E-state index is 0.165. The van der Waals surface area contributed by atoms with Crippen LogP contribution in [0.2, 0.25) is 0 Å². The van der Waals surface area contributed by atoms with Gasteiger partial charge in [-0.1, -0.05) is 20.8 Å². The van der Waals surface area contributed by atoms with Crippen molar-refractivity contribution in [3.63, 3.8) is 0 Å². The van der Waals surface area contributed by atoms with Gasteiger partial charge in [0, 0.05) is 25.5 Å². The fourth-order valence-electron chi connectivity index (χ4n) is 2.61. The number of ether oxygens (including phenoxy) is 1. The first kappa shape index (κ1) is 16.4. The first-order chi connectivity index (χ1) is 8.93. The van der Waals surface area contributed by atoms with Crippen LogP contribution in [0.1, 0.15) is 46.5 Å². The van der Waals surface area contributed by atoms with Gasteiger partial charge in [-0.15, -0.1) is 0 Å². The molecule has 4 heteroatoms. The predicted molar refractivity (Wildman–Crippen MR) is 77.8 cm³/mol. The van der Waals surface area contributed by atoms with E-state index < -0.39 is 0 Å². The van der Waals surface area contributed by atoms with E-state index in [-0.39, 0.29) is 11.3 Å². The second kappa shape index (κ2) is 7.85. The summed E-state index contributed by atoms with van der Waals surface area (Å²) in [5.74, 6) is 1.18. The van der Waals surface area contributed by atoms with Crippen molar-refractivity contribution in [3.05, 3.63) is 0 Å². The SMILES string of the molecule is CC(C)(C)C(CCN)CCC(=O)NCC1CCOC1. The van der Waals surface area contributed by atoms with Gasteiger partial charge in [-0.3, -0.25) is 4.79 Å². The highest BCUT2D eigenvalue weighted by atomic mass is 16.5. The highest BCUT2D eigenvalue weighted by molar-refractivity contribution is 5.75. The first-order valence-electron chi connectivity index (χ1n) is 7.48. The van der Waals surface area contributed by atoms with Crippen LogP contribution in [0.15, 0.2) is 0 Å². The van der Waals surface area contributed by atoms with Crippen LogP contribution in [0.25, 0.3) is 0 Å². The lowest BCUT2D eigenvalue weighted by atomic mass is 9.76. The Morgan fingerprint density at radius 1 is 1.42 bits per heavy atom. The lowest BCUT2D eigenvalue weighted by Crippen LogP contribution is -2.31. The summed E-state index contributed by atoms with van der Waals surface area (Å²) in [5.41, 5.74) is 5.88. The molecule has 2 atom stereocenters. The summed E-state index contributed by atoms with van der Waals surface area (Å²) in [6, 6.07) is 0. The van der Waals surface area contributed by atoms with Gasteiger partial charge in [0.05, 0.1) is 6.61 Å². The molecule has 19 heavy (non-hydrogen) atoms. The van der Waals surface area contributed by atoms with Crippen molar-refractivity contribution in [2.24, 2.45) is 23.0 Å². The van der Waals surface area contributed by atoms with Crippen LogP contribution in [0.5, 0.6) is 0 Å². The molecule has 1 amide bonds. The largest absolute Gasteiger partial charge is 0.381 e. The Kier molecular flexibility index (Phi) is 6.80. The van der Waals surface area contributed by atoms with Crippen molar-refractivity contribution < 1.29 is 9.53 Å². The fourth-order valence-corrected chi connectivity index (χ4v) is 2.61. The van der Waals surface area contributed by atoms with Gasteiger partial charge in [0.2, 0.25) is 5.91 Å². The van der Waals surface area contributed by atoms with E-state index in [1.54, 1.807) is 0 Å². The molecule has 0 radical (unpaired) electrons. The molecule has 0 aliphatic carbocycles. The van der Waals surface area contributed by atoms with Gasteiger partial charge < -0.3 is 15.8 Å². The number of nitrogens with one attached hydrogen (secondary N) is 1. The van der Waals surface area contributed by atoms with E-state index in [1.165, 1.54) is 0 Å². The summed E-state index contributed by atoms with van der Waals surface area (Å²) in [6.45, 7) is 9.75. The molecule has 0 bridgehead atoms. The van der Waals surface area contributed by atoms with Crippen LogP contribution in [0.4, 0.5) is 0 Å². The third-order valence-corrected chi connectivity index (χ3v) is 4.07. The number of hydrogen-bond donors (Lipinski definition) is 2. The van der Waals surface area contributed by atoms with Crippen molar-refractivity contribution in [3.8, 4) is 0 Å². The Hall–Kier alpha value is -0.610. The molecule has 0 aromatic carbocycles. The number of hydrogen-bond acceptors (Lipinski definition) is 3. The highest BCUT2D eigenvalue weighted by Crippen LogP contribution is 2.31. The third kappa shape index (κ3) is 6.39. The summed E-state index contributed by atoms with van der Waals surface area (Å²) >= 11 is 0. The maximum Gasteiger partial charge on any atom is 0.220 e. The van der Waals surface area contributed by atoms with E-state index in [0.29, 0.717) is 24.8 Å². The van der Waals surface area contributed by atoms with Gasteiger partial charge in [0.1, 0.15) is 0 Å². The quantitative estimate of drug-likeness (QED) is 0.743. The van der Waals surface area contributed by atoms with E-state index >= 15 is 0 Å². The second-order valence-corrected chi connectivity index (χ2v) is 6.71. The Morgan fingerprint density at radius 2 is 2.16 bits per heavy atom. The van der Waals surface area contributed by atoms with Gasteiger partial charge in [0.15, 0.2) is 0 Å². The summed E-state index contributed by atoms with van der Waals surface area (Å²) in [5, 5.41) is 3.02. The van der Waals surface area contributed by atoms with Gasteiger partial charge in [0.25, 0.3) is 0 Å². The molecule has 0 saturated carbocycles. The molecule has 3 N–H and O–H groups in total. The molecule has 0 spiro atoms. The molecule has 1 saturated heterocycles. The number of nitrogens with two attached hydrogens (primary N) is 1. The minimum atomic E-state index is 0.165. The van der Waals surface area contributed by atoms with Crippen LogP contribution < -0.4 is 11.1 Å². The molecule has 4 nitrogen and oxygen atoms in total. The summed E-state index contributed by atoms with van der Waals surface area (Å²) in [6.07, 6.45) is 3.59. The summed E-state index contributed by atoms with van der Waals surface area (Å²) in [4.78, 5) is 11.9. The van der Waals surface area contributed by atoms with Crippen molar-refractivity contribution in [2.45, 2.75) is 46.5 Å². The average molecular weight is 270 g/mol. The van der Waals surface area contributed by atoms with Crippen LogP contribution in [-0.2, 0) is 9.53 Å². The molecular formula is C15H30N2O2. The topological polar surface area (TPSA) is 64.4 Å². The second-order valence-electron chi connectivity index (χ2n) is 6.71. The van der Waals surface area contributed by atoms with Gasteiger partial charge in [-0.05, 0) is 37.1 Å². The van der Waals surface area contributed by atoms with E-state index in [4.69, 9.17) is 10.5 Å². The first-order valence-corrected chi connectivity index (χ1v) is 7.48. The van der Waals surface area contributed by atoms with Crippen LogP contribution in [-0.4, -0.2) is 32.2 Å². The van der Waals surface area contributed by atoms with Crippen LogP contribution >= 0.6 is 0 Å². The Bertz CT molecular complexity index is 268. The molecular weight excluding hydrogens is 240 g/mol. The molecule has 1 heterocycles. The van der Waals surface area contributed by atoms with Gasteiger partial charge in [-0.2, -0.15) is 0 Å². The maximum absolute atomic E-state index is 11.9. The zero-order valence-electron chi connectivity index (χ0n) is 12.7. The Morgan fingerprint density at radius 3 is 2.68 bits per heavy atom. The molecule has 2 unspecified atom stereocenters. The monoisotopic (exact) mass is 270 g/mol. The molecule has 1 rings (SSSR count).